The van der Waals surface area contributed by atoms with Gasteiger partial charge in [0.1, 0.15) is 11.4 Å². The standard InChI is InChI=1S/C16H24N4O5S/c1-5-24-15(23)11-6-18-16(20-14(11)17)26-8-13(22)25-7-12(21)19-10(4)9(2)3/h6,9-10H,5,7-8H2,1-4H3,(H,19,21)(H2,17,18,20)/t10-/m0/s1. The van der Waals surface area contributed by atoms with Crippen LogP contribution in [0.1, 0.15) is 38.1 Å². The van der Waals surface area contributed by atoms with Crippen molar-refractivity contribution in [1.29, 1.82) is 0 Å². The Hall–Kier alpha value is -2.36. The van der Waals surface area contributed by atoms with Gasteiger partial charge < -0.3 is 20.5 Å². The van der Waals surface area contributed by atoms with Gasteiger partial charge in [-0.25, -0.2) is 14.8 Å². The number of ether oxygens (including phenoxy) is 2. The fourth-order valence-electron chi connectivity index (χ4n) is 1.59. The monoisotopic (exact) mass is 384 g/mol. The molecule has 0 radical (unpaired) electrons. The van der Waals surface area contributed by atoms with Gasteiger partial charge in [0.25, 0.3) is 5.91 Å². The van der Waals surface area contributed by atoms with Gasteiger partial charge in [0, 0.05) is 12.2 Å². The number of anilines is 1. The molecular weight excluding hydrogens is 360 g/mol. The minimum absolute atomic E-state index is 0.00938. The zero-order chi connectivity index (χ0) is 19.7. The van der Waals surface area contributed by atoms with Crippen molar-refractivity contribution in [3.05, 3.63) is 11.8 Å². The summed E-state index contributed by atoms with van der Waals surface area (Å²) in [7, 11) is 0. The molecule has 1 heterocycles. The first-order valence-corrected chi connectivity index (χ1v) is 9.10. The van der Waals surface area contributed by atoms with Gasteiger partial charge in [0.05, 0.1) is 12.4 Å². The number of rotatable bonds is 9. The van der Waals surface area contributed by atoms with Crippen LogP contribution in [0.15, 0.2) is 11.4 Å². The van der Waals surface area contributed by atoms with Crippen LogP contribution in [0.3, 0.4) is 0 Å². The van der Waals surface area contributed by atoms with E-state index in [2.05, 4.69) is 15.3 Å². The zero-order valence-corrected chi connectivity index (χ0v) is 16.1. The van der Waals surface area contributed by atoms with E-state index < -0.39 is 11.9 Å². The molecule has 0 saturated carbocycles. The summed E-state index contributed by atoms with van der Waals surface area (Å²) < 4.78 is 9.72. The van der Waals surface area contributed by atoms with Crippen LogP contribution >= 0.6 is 11.8 Å². The minimum Gasteiger partial charge on any atom is -0.462 e. The summed E-state index contributed by atoms with van der Waals surface area (Å²) in [6.07, 6.45) is 1.24. The molecule has 0 saturated heterocycles. The second-order valence-electron chi connectivity index (χ2n) is 5.72. The normalized spacial score (nSPS) is 11.7. The summed E-state index contributed by atoms with van der Waals surface area (Å²) in [6.45, 7) is 7.38. The number of thioether (sulfide) groups is 1. The summed E-state index contributed by atoms with van der Waals surface area (Å²) in [4.78, 5) is 42.9. The van der Waals surface area contributed by atoms with Gasteiger partial charge in [-0.1, -0.05) is 25.6 Å². The average molecular weight is 384 g/mol. The van der Waals surface area contributed by atoms with Gasteiger partial charge in [0.15, 0.2) is 11.8 Å². The molecule has 0 unspecified atom stereocenters. The van der Waals surface area contributed by atoms with Crippen molar-refractivity contribution in [2.75, 3.05) is 24.7 Å². The van der Waals surface area contributed by atoms with Gasteiger partial charge in [-0.2, -0.15) is 0 Å². The number of amides is 1. The van der Waals surface area contributed by atoms with Crippen LogP contribution in [0.5, 0.6) is 0 Å². The topological polar surface area (TPSA) is 134 Å². The Kier molecular flexibility index (Phi) is 8.83. The third-order valence-electron chi connectivity index (χ3n) is 3.36. The Morgan fingerprint density at radius 2 is 1.96 bits per heavy atom. The van der Waals surface area contributed by atoms with Gasteiger partial charge >= 0.3 is 11.9 Å². The number of hydrogen-bond donors (Lipinski definition) is 2. The molecule has 26 heavy (non-hydrogen) atoms. The Bertz CT molecular complexity index is 654. The lowest BCUT2D eigenvalue weighted by atomic mass is 10.1. The van der Waals surface area contributed by atoms with Crippen molar-refractivity contribution in [2.45, 2.75) is 38.9 Å². The fourth-order valence-corrected chi connectivity index (χ4v) is 2.21. The third kappa shape index (κ3) is 7.26. The van der Waals surface area contributed by atoms with Crippen molar-refractivity contribution >= 4 is 35.4 Å². The largest absolute Gasteiger partial charge is 0.462 e. The van der Waals surface area contributed by atoms with Crippen LogP contribution in [-0.2, 0) is 19.1 Å². The van der Waals surface area contributed by atoms with Crippen LogP contribution < -0.4 is 11.1 Å². The van der Waals surface area contributed by atoms with Crippen LogP contribution in [0.2, 0.25) is 0 Å². The lowest BCUT2D eigenvalue weighted by Crippen LogP contribution is -2.38. The first-order chi connectivity index (χ1) is 12.2. The number of hydrogen-bond acceptors (Lipinski definition) is 9. The van der Waals surface area contributed by atoms with Crippen molar-refractivity contribution in [3.8, 4) is 0 Å². The van der Waals surface area contributed by atoms with E-state index in [0.29, 0.717) is 0 Å². The van der Waals surface area contributed by atoms with Crippen LogP contribution in [0.4, 0.5) is 5.82 Å². The second-order valence-corrected chi connectivity index (χ2v) is 6.66. The number of carbonyl (C=O) groups is 3. The molecule has 10 heteroatoms. The lowest BCUT2D eigenvalue weighted by Gasteiger charge is -2.17. The van der Waals surface area contributed by atoms with Crippen LogP contribution in [-0.4, -0.2) is 52.8 Å². The molecule has 0 aromatic carbocycles. The highest BCUT2D eigenvalue weighted by molar-refractivity contribution is 7.99. The summed E-state index contributed by atoms with van der Waals surface area (Å²) in [5.41, 5.74) is 5.76. The molecule has 1 aromatic heterocycles. The maximum atomic E-state index is 11.7. The maximum Gasteiger partial charge on any atom is 0.343 e. The van der Waals surface area contributed by atoms with Crippen molar-refractivity contribution < 1.29 is 23.9 Å². The van der Waals surface area contributed by atoms with Crippen molar-refractivity contribution in [2.24, 2.45) is 5.92 Å². The van der Waals surface area contributed by atoms with E-state index in [9.17, 15) is 14.4 Å². The van der Waals surface area contributed by atoms with Gasteiger partial charge in [-0.05, 0) is 19.8 Å². The molecule has 0 bridgehead atoms. The van der Waals surface area contributed by atoms with E-state index in [4.69, 9.17) is 15.2 Å². The molecule has 0 spiro atoms. The number of nitrogen functional groups attached to an aromatic ring is 1. The van der Waals surface area contributed by atoms with Crippen molar-refractivity contribution in [3.63, 3.8) is 0 Å². The number of carbonyl (C=O) groups excluding carboxylic acids is 3. The van der Waals surface area contributed by atoms with E-state index >= 15 is 0 Å². The molecule has 3 N–H and O–H groups in total. The quantitative estimate of drug-likeness (QED) is 0.364. The predicted molar refractivity (Wildman–Crippen MR) is 96.5 cm³/mol. The zero-order valence-electron chi connectivity index (χ0n) is 15.3. The van der Waals surface area contributed by atoms with E-state index in [1.54, 1.807) is 6.92 Å². The molecule has 0 aliphatic carbocycles. The summed E-state index contributed by atoms with van der Waals surface area (Å²) in [5.74, 6) is -1.39. The first kappa shape index (κ1) is 21.7. The SMILES string of the molecule is CCOC(=O)c1cnc(SCC(=O)OCC(=O)N[C@@H](C)C(C)C)nc1N. The van der Waals surface area contributed by atoms with Gasteiger partial charge in [0.2, 0.25) is 0 Å². The molecule has 9 nitrogen and oxygen atoms in total. The van der Waals surface area contributed by atoms with Crippen molar-refractivity contribution in [1.82, 2.24) is 15.3 Å². The third-order valence-corrected chi connectivity index (χ3v) is 4.20. The van der Waals surface area contributed by atoms with E-state index in [1.807, 2.05) is 20.8 Å². The number of nitrogens with zero attached hydrogens (tertiary/aromatic N) is 2. The molecule has 1 rings (SSSR count). The Labute approximate surface area is 156 Å². The highest BCUT2D eigenvalue weighted by Gasteiger charge is 2.16. The van der Waals surface area contributed by atoms with Crippen LogP contribution in [0.25, 0.3) is 0 Å². The number of aromatic nitrogens is 2. The molecule has 0 aliphatic heterocycles. The van der Waals surface area contributed by atoms with Gasteiger partial charge in [-0.15, -0.1) is 0 Å². The number of esters is 2. The molecule has 1 aromatic rings. The maximum absolute atomic E-state index is 11.7. The smallest absolute Gasteiger partial charge is 0.343 e. The summed E-state index contributed by atoms with van der Waals surface area (Å²) in [6, 6.07) is -0.00938. The lowest BCUT2D eigenvalue weighted by molar-refractivity contribution is -0.146. The molecule has 0 aliphatic rings. The van der Waals surface area contributed by atoms with E-state index in [1.165, 1.54) is 6.20 Å². The van der Waals surface area contributed by atoms with Gasteiger partial charge in [-0.3, -0.25) is 9.59 Å². The minimum atomic E-state index is -0.609. The van der Waals surface area contributed by atoms with Crippen LogP contribution in [0, 0.1) is 5.92 Å². The van der Waals surface area contributed by atoms with E-state index in [-0.39, 0.29) is 53.4 Å². The predicted octanol–water partition coefficient (Wildman–Crippen LogP) is 1.03. The molecule has 0 fully saturated rings. The fraction of sp³-hybridized carbons (Fsp3) is 0.562. The number of nitrogens with one attached hydrogen (secondary N) is 1. The highest BCUT2D eigenvalue weighted by atomic mass is 32.2. The highest BCUT2D eigenvalue weighted by Crippen LogP contribution is 2.17. The Balaban J connectivity index is 2.44. The van der Waals surface area contributed by atoms with E-state index in [0.717, 1.165) is 11.8 Å². The number of nitrogens with two attached hydrogens (primary N) is 1. The first-order valence-electron chi connectivity index (χ1n) is 8.12. The summed E-state index contributed by atoms with van der Waals surface area (Å²) >= 11 is 0.986. The summed E-state index contributed by atoms with van der Waals surface area (Å²) in [5, 5.41) is 2.95. The molecule has 1 atom stereocenters. The molecule has 144 valence electrons. The molecule has 1 amide bonds. The second kappa shape index (κ2) is 10.6. The molecular formula is C16H24N4O5S. The Morgan fingerprint density at radius 3 is 2.54 bits per heavy atom. The Morgan fingerprint density at radius 1 is 1.27 bits per heavy atom. The average Bonchev–Trinajstić information content (AvgIpc) is 2.58.